The summed E-state index contributed by atoms with van der Waals surface area (Å²) < 4.78 is 5.15. The Labute approximate surface area is 101 Å². The molecule has 2 saturated heterocycles. The van der Waals surface area contributed by atoms with E-state index in [1.54, 1.807) is 0 Å². The molecule has 0 aromatic heterocycles. The number of hydrogen-bond acceptors (Lipinski definition) is 7. The van der Waals surface area contributed by atoms with Gasteiger partial charge in [-0.1, -0.05) is 0 Å². The normalized spacial score (nSPS) is 37.1. The third-order valence-electron chi connectivity index (χ3n) is 2.86. The lowest BCUT2D eigenvalue weighted by atomic mass is 10.1. The first-order valence-electron chi connectivity index (χ1n) is 5.22. The molecule has 6 N–H and O–H groups in total. The summed E-state index contributed by atoms with van der Waals surface area (Å²) >= 11 is 0. The van der Waals surface area contributed by atoms with Gasteiger partial charge in [0.05, 0.1) is 6.61 Å². The van der Waals surface area contributed by atoms with Gasteiger partial charge in [-0.3, -0.25) is 10.2 Å². The number of carbonyl (C=O) groups excluding carboxylic acids is 2. The minimum Gasteiger partial charge on any atom is -0.394 e. The number of imide groups is 1. The van der Waals surface area contributed by atoms with E-state index in [-0.39, 0.29) is 6.67 Å². The minimum absolute atomic E-state index is 0.294. The molecule has 0 bridgehead atoms. The summed E-state index contributed by atoms with van der Waals surface area (Å²) in [6.07, 6.45) is -4.90. The molecule has 4 atom stereocenters. The number of urea groups is 2. The van der Waals surface area contributed by atoms with Crippen LogP contribution in [-0.2, 0) is 4.74 Å². The number of nitrogens with one attached hydrogen (secondary N) is 1. The molecule has 0 aromatic rings. The molecule has 0 unspecified atom stereocenters. The van der Waals surface area contributed by atoms with Crippen molar-refractivity contribution in [3.63, 3.8) is 0 Å². The second-order valence-corrected chi connectivity index (χ2v) is 4.05. The quantitative estimate of drug-likeness (QED) is 0.258. The Balaban J connectivity index is 2.12. The van der Waals surface area contributed by atoms with Crippen LogP contribution in [0.1, 0.15) is 0 Å². The molecule has 10 heteroatoms. The van der Waals surface area contributed by atoms with Gasteiger partial charge in [0, 0.05) is 0 Å². The van der Waals surface area contributed by atoms with Crippen LogP contribution in [0.25, 0.3) is 0 Å². The summed E-state index contributed by atoms with van der Waals surface area (Å²) in [5.74, 6) is 5.32. The Morgan fingerprint density at radius 1 is 1.33 bits per heavy atom. The highest BCUT2D eigenvalue weighted by molar-refractivity contribution is 5.95. The predicted octanol–water partition coefficient (Wildman–Crippen LogP) is -3.30. The topological polar surface area (TPSA) is 149 Å². The van der Waals surface area contributed by atoms with E-state index in [4.69, 9.17) is 15.7 Å². The third kappa shape index (κ3) is 2.00. The second-order valence-electron chi connectivity index (χ2n) is 4.05. The van der Waals surface area contributed by atoms with E-state index < -0.39 is 43.2 Å². The molecule has 2 fully saturated rings. The maximum absolute atomic E-state index is 11.6. The van der Waals surface area contributed by atoms with Crippen LogP contribution in [0.3, 0.4) is 0 Å². The molecule has 0 saturated carbocycles. The zero-order valence-corrected chi connectivity index (χ0v) is 9.26. The molecule has 0 aliphatic carbocycles. The number of hydrogen-bond donors (Lipinski definition) is 5. The molecule has 4 amide bonds. The molecule has 0 radical (unpaired) electrons. The van der Waals surface area contributed by atoms with Crippen LogP contribution < -0.4 is 11.2 Å². The van der Waals surface area contributed by atoms with Crippen molar-refractivity contribution in [1.29, 1.82) is 0 Å². The van der Waals surface area contributed by atoms with E-state index in [1.807, 2.05) is 5.32 Å². The lowest BCUT2D eigenvalue weighted by molar-refractivity contribution is -0.0921. The molecule has 2 heterocycles. The van der Waals surface area contributed by atoms with Crippen LogP contribution in [0.4, 0.5) is 9.59 Å². The van der Waals surface area contributed by atoms with Crippen molar-refractivity contribution < 1.29 is 29.6 Å². The molecule has 2 aliphatic rings. The van der Waals surface area contributed by atoms with Crippen LogP contribution in [0.2, 0.25) is 0 Å². The molecule has 0 spiro atoms. The van der Waals surface area contributed by atoms with Gasteiger partial charge in [0.1, 0.15) is 25.0 Å². The Morgan fingerprint density at radius 2 is 2.00 bits per heavy atom. The first kappa shape index (κ1) is 13.0. The fourth-order valence-electron chi connectivity index (χ4n) is 1.86. The first-order chi connectivity index (χ1) is 8.45. The summed E-state index contributed by atoms with van der Waals surface area (Å²) in [6.45, 7) is -0.799. The number of aliphatic hydroxyl groups excluding tert-OH is 3. The average Bonchev–Trinajstić information content (AvgIpc) is 2.61. The lowest BCUT2D eigenvalue weighted by Gasteiger charge is -2.36. The molecule has 0 aromatic carbocycles. The molecule has 2 aliphatic heterocycles. The van der Waals surface area contributed by atoms with Crippen molar-refractivity contribution in [1.82, 2.24) is 15.2 Å². The minimum atomic E-state index is -1.39. The van der Waals surface area contributed by atoms with Crippen LogP contribution in [0.5, 0.6) is 0 Å². The molecule has 102 valence electrons. The average molecular weight is 262 g/mol. The van der Waals surface area contributed by atoms with Gasteiger partial charge in [0.25, 0.3) is 0 Å². The van der Waals surface area contributed by atoms with Gasteiger partial charge in [0.15, 0.2) is 6.23 Å². The van der Waals surface area contributed by atoms with Crippen LogP contribution in [0, 0.1) is 0 Å². The Bertz CT molecular complexity index is 365. The van der Waals surface area contributed by atoms with Gasteiger partial charge in [-0.25, -0.2) is 20.4 Å². The highest BCUT2D eigenvalue weighted by Crippen LogP contribution is 2.24. The fraction of sp³-hybridized carbons (Fsp3) is 0.750. The first-order valence-corrected chi connectivity index (χ1v) is 5.22. The maximum atomic E-state index is 11.6. The van der Waals surface area contributed by atoms with Crippen molar-refractivity contribution >= 4 is 12.1 Å². The van der Waals surface area contributed by atoms with Crippen molar-refractivity contribution in [2.24, 2.45) is 5.84 Å². The van der Waals surface area contributed by atoms with E-state index in [2.05, 4.69) is 0 Å². The zero-order valence-electron chi connectivity index (χ0n) is 9.26. The molecule has 2 rings (SSSR count). The van der Waals surface area contributed by atoms with E-state index in [9.17, 15) is 19.8 Å². The van der Waals surface area contributed by atoms with Gasteiger partial charge < -0.3 is 20.1 Å². The monoisotopic (exact) mass is 262 g/mol. The molecule has 18 heavy (non-hydrogen) atoms. The molecular formula is C8H14N4O6. The predicted molar refractivity (Wildman–Crippen MR) is 54.4 cm³/mol. The van der Waals surface area contributed by atoms with Gasteiger partial charge in [-0.05, 0) is 0 Å². The largest absolute Gasteiger partial charge is 0.394 e. The summed E-state index contributed by atoms with van der Waals surface area (Å²) in [5, 5.41) is 30.9. The summed E-state index contributed by atoms with van der Waals surface area (Å²) in [4.78, 5) is 23.6. The Morgan fingerprint density at radius 3 is 2.56 bits per heavy atom. The van der Waals surface area contributed by atoms with Crippen molar-refractivity contribution in [2.45, 2.75) is 24.5 Å². The Kier molecular flexibility index (Phi) is 3.36. The number of rotatable bonds is 2. The number of carbonyl (C=O) groups is 2. The lowest BCUT2D eigenvalue weighted by Crippen LogP contribution is -2.65. The molecular weight excluding hydrogens is 248 g/mol. The van der Waals surface area contributed by atoms with Crippen LogP contribution >= 0.6 is 0 Å². The van der Waals surface area contributed by atoms with Gasteiger partial charge in [0.2, 0.25) is 0 Å². The second kappa shape index (κ2) is 4.66. The van der Waals surface area contributed by atoms with Crippen molar-refractivity contribution in [3.05, 3.63) is 0 Å². The van der Waals surface area contributed by atoms with Crippen molar-refractivity contribution in [3.8, 4) is 0 Å². The van der Waals surface area contributed by atoms with E-state index in [0.29, 0.717) is 0 Å². The third-order valence-corrected chi connectivity index (χ3v) is 2.86. The molecule has 10 nitrogen and oxygen atoms in total. The van der Waals surface area contributed by atoms with E-state index in [0.717, 1.165) is 9.91 Å². The van der Waals surface area contributed by atoms with Gasteiger partial charge >= 0.3 is 12.1 Å². The standard InChI is InChI=1S/C8H14N4O6/c9-12-2-11(7(16)10-8(12)17)6-5(15)4(14)3(1-13)18-6/h3-6,13-15H,1-2,9H2,(H,10,16,17)/t3-,4-,5-,6-/m1/s1. The fourth-order valence-corrected chi connectivity index (χ4v) is 1.86. The Hall–Kier alpha value is -1.46. The zero-order chi connectivity index (χ0) is 13.4. The van der Waals surface area contributed by atoms with Gasteiger partial charge in [-0.15, -0.1) is 0 Å². The van der Waals surface area contributed by atoms with Gasteiger partial charge in [-0.2, -0.15) is 0 Å². The number of nitrogens with zero attached hydrogens (tertiary/aromatic N) is 2. The van der Waals surface area contributed by atoms with E-state index >= 15 is 0 Å². The van der Waals surface area contributed by atoms with E-state index in [1.165, 1.54) is 0 Å². The number of amides is 4. The summed E-state index contributed by atoms with van der Waals surface area (Å²) in [7, 11) is 0. The smallest absolute Gasteiger partial charge is 0.341 e. The number of ether oxygens (including phenoxy) is 1. The highest BCUT2D eigenvalue weighted by atomic mass is 16.6. The number of aliphatic hydroxyl groups is 3. The summed E-state index contributed by atoms with van der Waals surface area (Å²) in [6, 6.07) is -1.57. The number of nitrogens with two attached hydrogens (primary N) is 1. The van der Waals surface area contributed by atoms with Crippen LogP contribution in [-0.4, -0.2) is 75.1 Å². The van der Waals surface area contributed by atoms with Crippen molar-refractivity contribution in [2.75, 3.05) is 13.3 Å². The number of hydrazine groups is 1. The maximum Gasteiger partial charge on any atom is 0.341 e. The van der Waals surface area contributed by atoms with Crippen LogP contribution in [0.15, 0.2) is 0 Å². The SMILES string of the molecule is NN1CN([C@@H]2O[C@H](CO)[C@@H](O)[C@H]2O)C(=O)NC1=O. The summed E-state index contributed by atoms with van der Waals surface area (Å²) in [5.41, 5.74) is 0. The highest BCUT2D eigenvalue weighted by Gasteiger charge is 2.48.